The molecule has 1 heterocycles. The van der Waals surface area contributed by atoms with E-state index in [4.69, 9.17) is 5.11 Å². The summed E-state index contributed by atoms with van der Waals surface area (Å²) in [5.41, 5.74) is -0.149. The summed E-state index contributed by atoms with van der Waals surface area (Å²) in [4.78, 5) is 19.3. The summed E-state index contributed by atoms with van der Waals surface area (Å²) in [6, 6.07) is 1.46. The Kier molecular flexibility index (Phi) is 4.12. The lowest BCUT2D eigenvalue weighted by Crippen LogP contribution is -2.22. The van der Waals surface area contributed by atoms with Gasteiger partial charge in [-0.2, -0.15) is 0 Å². The van der Waals surface area contributed by atoms with Gasteiger partial charge in [0.1, 0.15) is 5.82 Å². The summed E-state index contributed by atoms with van der Waals surface area (Å²) < 4.78 is 0. The summed E-state index contributed by atoms with van der Waals surface area (Å²) in [5.74, 6) is 0.659. The van der Waals surface area contributed by atoms with E-state index in [9.17, 15) is 4.79 Å². The van der Waals surface area contributed by atoms with Crippen LogP contribution in [0.1, 0.15) is 12.8 Å². The lowest BCUT2D eigenvalue weighted by molar-refractivity contribution is 0.285. The smallest absolute Gasteiger partial charge is 0.252 e. The van der Waals surface area contributed by atoms with Crippen LogP contribution in [0.25, 0.3) is 0 Å². The van der Waals surface area contributed by atoms with E-state index in [0.29, 0.717) is 5.82 Å². The fourth-order valence-corrected chi connectivity index (χ4v) is 1.14. The second-order valence-electron chi connectivity index (χ2n) is 3.12. The summed E-state index contributed by atoms with van der Waals surface area (Å²) in [6.07, 6.45) is 3.05. The zero-order chi connectivity index (χ0) is 10.4. The lowest BCUT2D eigenvalue weighted by atomic mass is 10.3. The van der Waals surface area contributed by atoms with Crippen molar-refractivity contribution in [3.8, 4) is 0 Å². The largest absolute Gasteiger partial charge is 0.396 e. The van der Waals surface area contributed by atoms with Gasteiger partial charge in [0.25, 0.3) is 5.56 Å². The first-order valence-corrected chi connectivity index (χ1v) is 4.61. The highest BCUT2D eigenvalue weighted by Crippen LogP contribution is 2.04. The summed E-state index contributed by atoms with van der Waals surface area (Å²) in [5, 5.41) is 8.60. The highest BCUT2D eigenvalue weighted by molar-refractivity contribution is 5.34. The third-order valence-electron chi connectivity index (χ3n) is 1.96. The Morgan fingerprint density at radius 2 is 2.36 bits per heavy atom. The second kappa shape index (κ2) is 5.39. The van der Waals surface area contributed by atoms with Crippen molar-refractivity contribution >= 4 is 5.82 Å². The molecule has 0 bridgehead atoms. The van der Waals surface area contributed by atoms with E-state index < -0.39 is 0 Å². The van der Waals surface area contributed by atoms with Gasteiger partial charge < -0.3 is 15.0 Å². The predicted octanol–water partition coefficient (Wildman–Crippen LogP) is -0.0214. The molecule has 0 amide bonds. The highest BCUT2D eigenvalue weighted by atomic mass is 16.2. The van der Waals surface area contributed by atoms with Gasteiger partial charge in [-0.1, -0.05) is 0 Å². The van der Waals surface area contributed by atoms with Crippen LogP contribution in [-0.4, -0.2) is 35.3 Å². The molecular formula is C9H15N3O2. The first kappa shape index (κ1) is 10.7. The van der Waals surface area contributed by atoms with E-state index in [0.717, 1.165) is 19.4 Å². The molecule has 0 aliphatic rings. The zero-order valence-electron chi connectivity index (χ0n) is 8.23. The fraction of sp³-hybridized carbons (Fsp3) is 0.556. The van der Waals surface area contributed by atoms with Gasteiger partial charge in [0.15, 0.2) is 0 Å². The fourth-order valence-electron chi connectivity index (χ4n) is 1.14. The number of hydrogen-bond acceptors (Lipinski definition) is 4. The van der Waals surface area contributed by atoms with E-state index >= 15 is 0 Å². The van der Waals surface area contributed by atoms with Gasteiger partial charge in [0, 0.05) is 26.3 Å². The number of aliphatic hydroxyl groups excluding tert-OH is 1. The number of aromatic amines is 1. The Bertz CT molecular complexity index is 324. The molecule has 0 unspecified atom stereocenters. The number of aliphatic hydroxyl groups is 1. The van der Waals surface area contributed by atoms with Gasteiger partial charge in [-0.05, 0) is 12.8 Å². The van der Waals surface area contributed by atoms with E-state index in [1.54, 1.807) is 0 Å². The van der Waals surface area contributed by atoms with Crippen LogP contribution in [0.4, 0.5) is 5.82 Å². The minimum absolute atomic E-state index is 0.149. The van der Waals surface area contributed by atoms with Crippen molar-refractivity contribution in [3.63, 3.8) is 0 Å². The van der Waals surface area contributed by atoms with Crippen LogP contribution in [0, 0.1) is 0 Å². The van der Waals surface area contributed by atoms with Crippen LogP contribution >= 0.6 is 0 Å². The van der Waals surface area contributed by atoms with E-state index in [1.807, 2.05) is 11.9 Å². The molecule has 14 heavy (non-hydrogen) atoms. The van der Waals surface area contributed by atoms with Crippen molar-refractivity contribution < 1.29 is 5.11 Å². The number of rotatable bonds is 5. The molecule has 2 N–H and O–H groups in total. The average Bonchev–Trinajstić information content (AvgIpc) is 2.18. The first-order valence-electron chi connectivity index (χ1n) is 4.61. The summed E-state index contributed by atoms with van der Waals surface area (Å²) >= 11 is 0. The second-order valence-corrected chi connectivity index (χ2v) is 3.12. The summed E-state index contributed by atoms with van der Waals surface area (Å²) in [7, 11) is 1.87. The van der Waals surface area contributed by atoms with Gasteiger partial charge in [0.05, 0.1) is 6.33 Å². The number of nitrogens with one attached hydrogen (secondary N) is 1. The van der Waals surface area contributed by atoms with Crippen LogP contribution in [-0.2, 0) is 0 Å². The molecule has 0 saturated carbocycles. The van der Waals surface area contributed by atoms with Crippen molar-refractivity contribution in [3.05, 3.63) is 22.7 Å². The molecule has 78 valence electrons. The standard InChI is InChI=1S/C9H15N3O2/c1-12(4-2-3-5-13)8-6-9(14)11-7-10-8/h6-7,13H,2-5H2,1H3,(H,10,11,14). The maximum absolute atomic E-state index is 11.0. The third-order valence-corrected chi connectivity index (χ3v) is 1.96. The summed E-state index contributed by atoms with van der Waals surface area (Å²) in [6.45, 7) is 0.994. The van der Waals surface area contributed by atoms with Gasteiger partial charge in [-0.25, -0.2) is 4.98 Å². The monoisotopic (exact) mass is 197 g/mol. The Balaban J connectivity index is 2.51. The van der Waals surface area contributed by atoms with E-state index in [1.165, 1.54) is 12.4 Å². The molecule has 1 aromatic heterocycles. The molecule has 5 nitrogen and oxygen atoms in total. The lowest BCUT2D eigenvalue weighted by Gasteiger charge is -2.16. The van der Waals surface area contributed by atoms with Crippen molar-refractivity contribution in [2.75, 3.05) is 25.1 Å². The number of aromatic nitrogens is 2. The van der Waals surface area contributed by atoms with Crippen molar-refractivity contribution in [1.82, 2.24) is 9.97 Å². The first-order chi connectivity index (χ1) is 6.74. The molecule has 1 rings (SSSR count). The molecule has 0 atom stereocenters. The normalized spacial score (nSPS) is 10.1. The van der Waals surface area contributed by atoms with Crippen molar-refractivity contribution in [1.29, 1.82) is 0 Å². The van der Waals surface area contributed by atoms with Crippen LogP contribution in [0.5, 0.6) is 0 Å². The minimum Gasteiger partial charge on any atom is -0.396 e. The minimum atomic E-state index is -0.149. The van der Waals surface area contributed by atoms with Crippen LogP contribution in [0.2, 0.25) is 0 Å². The maximum atomic E-state index is 11.0. The predicted molar refractivity (Wildman–Crippen MR) is 54.4 cm³/mol. The maximum Gasteiger partial charge on any atom is 0.252 e. The van der Waals surface area contributed by atoms with Crippen LogP contribution in [0.15, 0.2) is 17.2 Å². The number of H-pyrrole nitrogens is 1. The molecule has 0 aliphatic heterocycles. The average molecular weight is 197 g/mol. The van der Waals surface area contributed by atoms with Gasteiger partial charge in [-0.3, -0.25) is 4.79 Å². The quantitative estimate of drug-likeness (QED) is 0.651. The number of unbranched alkanes of at least 4 members (excludes halogenated alkanes) is 1. The van der Waals surface area contributed by atoms with E-state index in [2.05, 4.69) is 9.97 Å². The molecule has 0 radical (unpaired) electrons. The van der Waals surface area contributed by atoms with Crippen molar-refractivity contribution in [2.45, 2.75) is 12.8 Å². The molecule has 0 saturated heterocycles. The molecule has 1 aromatic rings. The molecular weight excluding hydrogens is 182 g/mol. The highest BCUT2D eigenvalue weighted by Gasteiger charge is 2.01. The van der Waals surface area contributed by atoms with Crippen LogP contribution in [0.3, 0.4) is 0 Å². The number of anilines is 1. The Hall–Kier alpha value is -1.36. The van der Waals surface area contributed by atoms with Crippen molar-refractivity contribution in [2.24, 2.45) is 0 Å². The number of hydrogen-bond donors (Lipinski definition) is 2. The Morgan fingerprint density at radius 3 is 3.00 bits per heavy atom. The molecule has 0 spiro atoms. The molecule has 5 heteroatoms. The van der Waals surface area contributed by atoms with Crippen LogP contribution < -0.4 is 10.5 Å². The molecule has 0 aliphatic carbocycles. The van der Waals surface area contributed by atoms with Gasteiger partial charge in [0.2, 0.25) is 0 Å². The number of nitrogens with zero attached hydrogens (tertiary/aromatic N) is 2. The SMILES string of the molecule is CN(CCCCO)c1cc(=O)[nH]cn1. The topological polar surface area (TPSA) is 69.2 Å². The van der Waals surface area contributed by atoms with Gasteiger partial charge in [-0.15, -0.1) is 0 Å². The Labute approximate surface area is 82.4 Å². The Morgan fingerprint density at radius 1 is 1.57 bits per heavy atom. The van der Waals surface area contributed by atoms with Gasteiger partial charge >= 0.3 is 0 Å². The van der Waals surface area contributed by atoms with E-state index in [-0.39, 0.29) is 12.2 Å². The zero-order valence-corrected chi connectivity index (χ0v) is 8.23. The molecule has 0 aromatic carbocycles. The molecule has 0 fully saturated rings. The third kappa shape index (κ3) is 3.18.